The van der Waals surface area contributed by atoms with Gasteiger partial charge in [0.15, 0.2) is 105 Å². The van der Waals surface area contributed by atoms with E-state index >= 15 is 105 Å². The minimum Gasteiger partial charge on any atom is -0.207 e. The van der Waals surface area contributed by atoms with Gasteiger partial charge in [0.05, 0.1) is 0 Å². The van der Waals surface area contributed by atoms with Gasteiger partial charge in [-0.1, -0.05) is 0 Å². The van der Waals surface area contributed by atoms with E-state index in [0.29, 0.717) is 0 Å². The highest BCUT2D eigenvalue weighted by Crippen LogP contribution is 2.34. The number of allylic oxidation sites excluding steroid dienone is 2. The fraction of sp³-hybridized carbons (Fsp3) is 0.0500. The highest BCUT2D eigenvalue weighted by atomic mass is 19.2. The van der Waals surface area contributed by atoms with Gasteiger partial charge in [0.25, 0.3) is 0 Å². The molecule has 0 fully saturated rings. The normalized spacial score (nSPS) is 12.4. The van der Waals surface area contributed by atoms with Crippen molar-refractivity contribution in [3.63, 3.8) is 0 Å². The first kappa shape index (κ1) is 54.4. The molecule has 6 rings (SSSR count). The van der Waals surface area contributed by atoms with Crippen molar-refractivity contribution in [3.8, 4) is 0 Å². The van der Waals surface area contributed by atoms with Gasteiger partial charge < -0.3 is 0 Å². The fourth-order valence-corrected chi connectivity index (χ4v) is 8.50. The number of rotatable bonds is 10. The Kier molecular flexibility index (Phi) is 14.1. The van der Waals surface area contributed by atoms with E-state index < -0.39 is 244 Å². The molecule has 0 bridgehead atoms. The lowest BCUT2D eigenvalue weighted by Gasteiger charge is -2.44. The molecule has 0 spiro atoms. The Morgan fingerprint density at radius 1 is 0.153 bits per heavy atom. The maximum Gasteiger partial charge on any atom is 0.200 e. The third-order valence-corrected chi connectivity index (χ3v) is 11.6. The average molecular weight is 1080 g/mol. The van der Waals surface area contributed by atoms with Gasteiger partial charge in [-0.25, -0.2) is 132 Å². The predicted octanol–water partition coefficient (Wildman–Crippen LogP) is 10.1. The topological polar surface area (TPSA) is 0 Å². The van der Waals surface area contributed by atoms with Crippen LogP contribution in [0.5, 0.6) is 0 Å². The first-order chi connectivity index (χ1) is 33.3. The van der Waals surface area contributed by atoms with Crippen LogP contribution in [0.3, 0.4) is 0 Å². The molecule has 6 aromatic carbocycles. The average Bonchev–Trinajstić information content (AvgIpc) is 3.34. The molecule has 0 atom stereocenters. The van der Waals surface area contributed by atoms with Gasteiger partial charge >= 0.3 is 0 Å². The van der Waals surface area contributed by atoms with E-state index in [1.165, 1.54) is 0 Å². The summed E-state index contributed by atoms with van der Waals surface area (Å²) in [6, 6.07) is 0. The summed E-state index contributed by atoms with van der Waals surface area (Å²) in [4.78, 5) is 0. The molecule has 0 saturated heterocycles. The van der Waals surface area contributed by atoms with Crippen LogP contribution in [0.1, 0.15) is 0 Å². The van der Waals surface area contributed by atoms with E-state index in [1.807, 2.05) is 0 Å². The SMILES string of the molecule is Fc1c(F)c(F)c([B-](C/C=C/C[B-](c2c(F)c(F)c(F)c(F)c2F)(c2c(F)c(F)c(F)c(F)c2F)c2c(F)c(F)c(F)c(F)c2F)(c2c(F)c(F)c(F)c(F)c2F)c2c(F)c(F)c(F)c(F)c2F)c(F)c1F. The summed E-state index contributed by atoms with van der Waals surface area (Å²) < 4.78 is 459. The van der Waals surface area contributed by atoms with Crippen LogP contribution in [0, 0.1) is 175 Å². The van der Waals surface area contributed by atoms with Crippen molar-refractivity contribution < 1.29 is 132 Å². The number of hydrogen-bond donors (Lipinski definition) is 0. The van der Waals surface area contributed by atoms with E-state index in [1.54, 1.807) is 0 Å². The van der Waals surface area contributed by atoms with Gasteiger partial charge in [-0.15, -0.1) is 57.6 Å². The summed E-state index contributed by atoms with van der Waals surface area (Å²) in [7, 11) is 0. The standard InChI is InChI=1S/C40H6B2F30/c43-11-5(12(44)24(56)35(67)23(11)55)41(6-13(45)25(57)36(68)26(58)14(6)46,7-15(47)27(59)37(69)28(60)16(7)48)3-1-2-4-42(8-17(49)29(61)38(70)30(62)18(8)50,9-19(51)31(63)39(71)32(64)20(9)52)10-21(53)33(65)40(72)34(66)22(10)54/h1-2H,3-4H2/q-2/b2-1+. The molecule has 0 aromatic heterocycles. The number of halogens is 30. The molecule has 0 N–H and O–H groups in total. The Balaban J connectivity index is 1.94. The van der Waals surface area contributed by atoms with Crippen LogP contribution in [0.25, 0.3) is 0 Å². The van der Waals surface area contributed by atoms with E-state index in [2.05, 4.69) is 0 Å². The summed E-state index contributed by atoms with van der Waals surface area (Å²) in [5.74, 6) is -108. The lowest BCUT2D eigenvalue weighted by molar-refractivity contribution is 0.379. The molecule has 0 unspecified atom stereocenters. The van der Waals surface area contributed by atoms with Crippen molar-refractivity contribution >= 4 is 45.1 Å². The van der Waals surface area contributed by atoms with Gasteiger partial charge in [-0.3, -0.25) is 0 Å². The zero-order chi connectivity index (χ0) is 54.6. The van der Waals surface area contributed by atoms with Crippen LogP contribution >= 0.6 is 0 Å². The molecule has 0 amide bonds. The molecule has 0 aliphatic rings. The molecule has 6 aromatic rings. The van der Waals surface area contributed by atoms with Crippen LogP contribution in [0.4, 0.5) is 132 Å². The summed E-state index contributed by atoms with van der Waals surface area (Å²) in [6.07, 6.45) is -21.3. The summed E-state index contributed by atoms with van der Waals surface area (Å²) in [5.41, 5.74) is -20.5. The third kappa shape index (κ3) is 7.34. The largest absolute Gasteiger partial charge is 0.207 e. The molecular weight excluding hydrogens is 1070 g/mol. The Labute approximate surface area is 376 Å². The predicted molar refractivity (Wildman–Crippen MR) is 185 cm³/mol. The summed E-state index contributed by atoms with van der Waals surface area (Å²) in [6.45, 7) is 0. The van der Waals surface area contributed by atoms with Crippen molar-refractivity contribution in [2.24, 2.45) is 0 Å². The van der Waals surface area contributed by atoms with Gasteiger partial charge in [-0.2, -0.15) is 0 Å². The minimum atomic E-state index is -6.77. The van der Waals surface area contributed by atoms with E-state index in [-0.39, 0.29) is 0 Å². The first-order valence-electron chi connectivity index (χ1n) is 18.4. The van der Waals surface area contributed by atoms with Crippen molar-refractivity contribution in [1.29, 1.82) is 0 Å². The molecular formula is C40H6B2F30-2. The highest BCUT2D eigenvalue weighted by molar-refractivity contribution is 7.13. The zero-order valence-corrected chi connectivity index (χ0v) is 33.1. The maximum absolute atomic E-state index is 16.0. The van der Waals surface area contributed by atoms with Crippen LogP contribution in [-0.4, -0.2) is 12.3 Å². The van der Waals surface area contributed by atoms with Crippen molar-refractivity contribution in [3.05, 3.63) is 187 Å². The minimum absolute atomic E-state index is 0.811. The van der Waals surface area contributed by atoms with Crippen LogP contribution in [-0.2, 0) is 0 Å². The molecule has 0 aliphatic heterocycles. The van der Waals surface area contributed by atoms with Gasteiger partial charge in [0.1, 0.15) is 82.1 Å². The molecule has 32 heteroatoms. The molecule has 384 valence electrons. The Morgan fingerprint density at radius 3 is 0.333 bits per heavy atom. The quantitative estimate of drug-likeness (QED) is 0.0422. The van der Waals surface area contributed by atoms with Crippen LogP contribution in [0.2, 0.25) is 12.6 Å². The van der Waals surface area contributed by atoms with Crippen molar-refractivity contribution in [2.45, 2.75) is 12.6 Å². The lowest BCUT2D eigenvalue weighted by atomic mass is 9.13. The molecule has 0 saturated carbocycles. The third-order valence-electron chi connectivity index (χ3n) is 11.6. The van der Waals surface area contributed by atoms with Crippen molar-refractivity contribution in [1.82, 2.24) is 0 Å². The van der Waals surface area contributed by atoms with E-state index in [4.69, 9.17) is 0 Å². The maximum atomic E-state index is 16.0. The molecule has 0 heterocycles. The molecule has 0 radical (unpaired) electrons. The fourth-order valence-electron chi connectivity index (χ4n) is 8.50. The smallest absolute Gasteiger partial charge is 0.200 e. The molecule has 0 aliphatic carbocycles. The summed E-state index contributed by atoms with van der Waals surface area (Å²) in [5, 5.41) is 0. The monoisotopic (exact) mass is 1080 g/mol. The van der Waals surface area contributed by atoms with E-state index in [0.717, 1.165) is 0 Å². The molecule has 72 heavy (non-hydrogen) atoms. The van der Waals surface area contributed by atoms with Gasteiger partial charge in [0, 0.05) is 0 Å². The van der Waals surface area contributed by atoms with Gasteiger partial charge in [-0.05, 0) is 0 Å². The van der Waals surface area contributed by atoms with Crippen LogP contribution in [0.15, 0.2) is 12.2 Å². The van der Waals surface area contributed by atoms with E-state index in [9.17, 15) is 26.3 Å². The van der Waals surface area contributed by atoms with Crippen LogP contribution < -0.4 is 32.8 Å². The lowest BCUT2D eigenvalue weighted by Crippen LogP contribution is -2.73. The molecule has 0 nitrogen and oxygen atoms in total. The second kappa shape index (κ2) is 18.6. The Hall–Kier alpha value is -6.91. The zero-order valence-electron chi connectivity index (χ0n) is 33.1. The second-order valence-corrected chi connectivity index (χ2v) is 14.9. The summed E-state index contributed by atoms with van der Waals surface area (Å²) >= 11 is 0. The van der Waals surface area contributed by atoms with Crippen molar-refractivity contribution in [2.75, 3.05) is 0 Å². The Bertz CT molecular complexity index is 2650. The number of hydrogen-bond acceptors (Lipinski definition) is 0. The second-order valence-electron chi connectivity index (χ2n) is 14.9. The Morgan fingerprint density at radius 2 is 0.236 bits per heavy atom. The first-order valence-corrected chi connectivity index (χ1v) is 18.4. The highest BCUT2D eigenvalue weighted by Gasteiger charge is 2.50. The van der Waals surface area contributed by atoms with Gasteiger partial charge in [0.2, 0.25) is 0 Å². The number of benzene rings is 6.